The number of carbonyl (C=O) groups is 1. The molecule has 32 heavy (non-hydrogen) atoms. The number of carbonyl (C=O) groups excluding carboxylic acids is 1. The lowest BCUT2D eigenvalue weighted by atomic mass is 9.92. The van der Waals surface area contributed by atoms with Crippen molar-refractivity contribution in [2.75, 3.05) is 0 Å². The van der Waals surface area contributed by atoms with Gasteiger partial charge in [-0.25, -0.2) is 4.68 Å². The Bertz CT molecular complexity index is 1120. The molecule has 3 aromatic rings. The van der Waals surface area contributed by atoms with Gasteiger partial charge in [0.15, 0.2) is 5.69 Å². The highest BCUT2D eigenvalue weighted by molar-refractivity contribution is 6.32. The Morgan fingerprint density at radius 3 is 2.47 bits per heavy atom. The fourth-order valence-electron chi connectivity index (χ4n) is 3.86. The zero-order valence-corrected chi connectivity index (χ0v) is 17.7. The van der Waals surface area contributed by atoms with Gasteiger partial charge in [0.05, 0.1) is 28.5 Å². The van der Waals surface area contributed by atoms with Crippen molar-refractivity contribution in [2.24, 2.45) is 0 Å². The summed E-state index contributed by atoms with van der Waals surface area (Å²) < 4.78 is 41.2. The zero-order valence-electron chi connectivity index (χ0n) is 16.9. The minimum absolute atomic E-state index is 0. The molecule has 5 nitrogen and oxygen atoms in total. The largest absolute Gasteiger partial charge is 0.435 e. The van der Waals surface area contributed by atoms with Gasteiger partial charge in [0, 0.05) is 12.6 Å². The predicted octanol–water partition coefficient (Wildman–Crippen LogP) is 5.49. The van der Waals surface area contributed by atoms with Crippen LogP contribution in [0.5, 0.6) is 0 Å². The Kier molecular flexibility index (Phi) is 6.26. The molecule has 1 aliphatic carbocycles. The topological polar surface area (TPSA) is 67.2 Å². The van der Waals surface area contributed by atoms with Gasteiger partial charge in [0.1, 0.15) is 0 Å². The fourth-order valence-corrected chi connectivity index (χ4v) is 4.07. The molecule has 0 radical (unpaired) electrons. The number of hydrogen-bond acceptors (Lipinski definition) is 3. The Morgan fingerprint density at radius 1 is 1.12 bits per heavy atom. The van der Waals surface area contributed by atoms with Crippen LogP contribution in [-0.4, -0.2) is 32.9 Å². The quantitative estimate of drug-likeness (QED) is 0.535. The third-order valence-corrected chi connectivity index (χ3v) is 5.89. The molecule has 2 atom stereocenters. The number of alkyl halides is 3. The van der Waals surface area contributed by atoms with E-state index in [1.54, 1.807) is 36.4 Å². The predicted molar refractivity (Wildman–Crippen MR) is 117 cm³/mol. The van der Waals surface area contributed by atoms with Crippen LogP contribution in [0.2, 0.25) is 5.02 Å². The third-order valence-electron chi connectivity index (χ3n) is 5.57. The molecule has 1 aliphatic rings. The maximum absolute atomic E-state index is 13.4. The van der Waals surface area contributed by atoms with Crippen molar-refractivity contribution in [3.63, 3.8) is 0 Å². The summed E-state index contributed by atoms with van der Waals surface area (Å²) in [6.07, 6.45) is -1.96. The summed E-state index contributed by atoms with van der Waals surface area (Å²) in [5, 5.41) is 16.9. The molecule has 170 valence electrons. The molecule has 4 rings (SSSR count). The molecule has 0 saturated heterocycles. The van der Waals surface area contributed by atoms with Crippen molar-refractivity contribution in [1.82, 2.24) is 15.1 Å². The summed E-state index contributed by atoms with van der Waals surface area (Å²) in [5.41, 5.74) is 0.266. The number of benzene rings is 2. The monoisotopic (exact) mass is 465 g/mol. The summed E-state index contributed by atoms with van der Waals surface area (Å²) in [6, 6.07) is 13.4. The summed E-state index contributed by atoms with van der Waals surface area (Å²) >= 11 is 6.20. The highest BCUT2D eigenvalue weighted by Gasteiger charge is 2.35. The van der Waals surface area contributed by atoms with Gasteiger partial charge in [-0.2, -0.15) is 18.3 Å². The smallest absolute Gasteiger partial charge is 0.391 e. The minimum Gasteiger partial charge on any atom is -0.391 e. The van der Waals surface area contributed by atoms with Gasteiger partial charge in [0.25, 0.3) is 5.91 Å². The van der Waals surface area contributed by atoms with Crippen LogP contribution >= 0.6 is 11.6 Å². The second-order valence-corrected chi connectivity index (χ2v) is 8.19. The van der Waals surface area contributed by atoms with Gasteiger partial charge < -0.3 is 10.4 Å². The van der Waals surface area contributed by atoms with Crippen molar-refractivity contribution >= 4 is 17.5 Å². The molecule has 2 aromatic carbocycles. The average Bonchev–Trinajstić information content (AvgIpc) is 3.21. The van der Waals surface area contributed by atoms with Crippen LogP contribution in [0.25, 0.3) is 16.9 Å². The number of halogens is 4. The van der Waals surface area contributed by atoms with Crippen molar-refractivity contribution in [3.05, 3.63) is 70.9 Å². The van der Waals surface area contributed by atoms with E-state index in [9.17, 15) is 23.1 Å². The highest BCUT2D eigenvalue weighted by Crippen LogP contribution is 2.34. The van der Waals surface area contributed by atoms with Crippen molar-refractivity contribution in [1.29, 1.82) is 0 Å². The number of nitrogens with zero attached hydrogens (tertiary/aromatic N) is 2. The first-order chi connectivity index (χ1) is 15.2. The molecular weight excluding hydrogens is 443 g/mol. The lowest BCUT2D eigenvalue weighted by Crippen LogP contribution is -2.45. The molecule has 2 N–H and O–H groups in total. The highest BCUT2D eigenvalue weighted by atomic mass is 35.5. The van der Waals surface area contributed by atoms with Crippen LogP contribution in [-0.2, 0) is 6.18 Å². The number of rotatable bonds is 4. The van der Waals surface area contributed by atoms with Gasteiger partial charge in [-0.3, -0.25) is 4.79 Å². The van der Waals surface area contributed by atoms with Gasteiger partial charge in [-0.05, 0) is 43.2 Å². The van der Waals surface area contributed by atoms with Crippen molar-refractivity contribution in [2.45, 2.75) is 44.0 Å². The summed E-state index contributed by atoms with van der Waals surface area (Å²) in [4.78, 5) is 12.6. The van der Waals surface area contributed by atoms with E-state index in [0.717, 1.165) is 23.6 Å². The maximum atomic E-state index is 13.4. The second kappa shape index (κ2) is 8.96. The Balaban J connectivity index is 0.00000306. The van der Waals surface area contributed by atoms with Gasteiger partial charge >= 0.3 is 6.18 Å². The van der Waals surface area contributed by atoms with Crippen LogP contribution in [0.4, 0.5) is 13.2 Å². The number of aromatic nitrogens is 2. The third kappa shape index (κ3) is 4.66. The van der Waals surface area contributed by atoms with E-state index >= 15 is 0 Å². The van der Waals surface area contributed by atoms with Crippen LogP contribution in [0.3, 0.4) is 0 Å². The molecule has 9 heteroatoms. The lowest BCUT2D eigenvalue weighted by Gasteiger charge is -2.28. The molecule has 1 amide bonds. The Morgan fingerprint density at radius 2 is 1.81 bits per heavy atom. The van der Waals surface area contributed by atoms with E-state index in [-0.39, 0.29) is 24.1 Å². The van der Waals surface area contributed by atoms with Gasteiger partial charge in [-0.1, -0.05) is 48.7 Å². The first kappa shape index (κ1) is 22.4. The molecule has 0 bridgehead atoms. The number of nitrogens with one attached hydrogen (secondary N) is 1. The maximum Gasteiger partial charge on any atom is 0.435 e. The van der Waals surface area contributed by atoms with Crippen molar-refractivity contribution in [3.8, 4) is 16.9 Å². The Hall–Kier alpha value is -2.84. The first-order valence-electron chi connectivity index (χ1n) is 10.3. The first-order valence-corrected chi connectivity index (χ1v) is 10.6. The minimum atomic E-state index is -4.62. The summed E-state index contributed by atoms with van der Waals surface area (Å²) in [7, 11) is 0. The number of aliphatic hydroxyl groups excluding tert-OH is 1. The van der Waals surface area contributed by atoms with E-state index in [1.165, 1.54) is 12.1 Å². The standard InChI is InChI=1S/C23H21ClF3N3O2.H2/c24-16-5-1-3-7-18(16)30-19(13-21(29-30)23(25,26)27)14-9-11-15(12-10-14)22(32)28-17-6-2-4-8-20(17)31;/h1,3,5,7,9-13,17,20,31H,2,4,6,8H2,(H,28,32);1H. The normalized spacial score (nSPS) is 19.0. The molecule has 1 aromatic heterocycles. The van der Waals surface area contributed by atoms with E-state index in [2.05, 4.69) is 10.4 Å². The number of amides is 1. The molecule has 1 fully saturated rings. The molecular formula is C23H23ClF3N3O2. The molecule has 0 spiro atoms. The van der Waals surface area contributed by atoms with Crippen LogP contribution in [0.15, 0.2) is 54.6 Å². The van der Waals surface area contributed by atoms with E-state index in [1.807, 2.05) is 0 Å². The number of hydrogen-bond donors (Lipinski definition) is 2. The number of aliphatic hydroxyl groups is 1. The fraction of sp³-hybridized carbons (Fsp3) is 0.304. The van der Waals surface area contributed by atoms with E-state index in [4.69, 9.17) is 11.6 Å². The average molecular weight is 466 g/mol. The Labute approximate surface area is 189 Å². The number of para-hydroxylation sites is 1. The summed E-state index contributed by atoms with van der Waals surface area (Å²) in [5.74, 6) is -0.335. The molecule has 1 saturated carbocycles. The van der Waals surface area contributed by atoms with E-state index < -0.39 is 18.0 Å². The zero-order chi connectivity index (χ0) is 22.9. The van der Waals surface area contributed by atoms with Gasteiger partial charge in [-0.15, -0.1) is 0 Å². The van der Waals surface area contributed by atoms with Crippen LogP contribution in [0, 0.1) is 0 Å². The van der Waals surface area contributed by atoms with Crippen molar-refractivity contribution < 1.29 is 24.5 Å². The second-order valence-electron chi connectivity index (χ2n) is 7.78. The molecule has 0 aliphatic heterocycles. The molecule has 2 unspecified atom stereocenters. The van der Waals surface area contributed by atoms with Crippen LogP contribution in [0.1, 0.15) is 43.2 Å². The lowest BCUT2D eigenvalue weighted by molar-refractivity contribution is -0.141. The van der Waals surface area contributed by atoms with Crippen LogP contribution < -0.4 is 5.32 Å². The van der Waals surface area contributed by atoms with E-state index in [0.29, 0.717) is 29.7 Å². The van der Waals surface area contributed by atoms with Gasteiger partial charge in [0.2, 0.25) is 0 Å². The summed E-state index contributed by atoms with van der Waals surface area (Å²) in [6.45, 7) is 0. The SMILES string of the molecule is O=C(NC1CCCCC1O)c1ccc(-c2cc(C(F)(F)F)nn2-c2ccccc2Cl)cc1.[HH]. The molecule has 1 heterocycles.